The zero-order chi connectivity index (χ0) is 12.1. The van der Waals surface area contributed by atoms with Gasteiger partial charge in [-0.1, -0.05) is 20.3 Å². The molecule has 1 aliphatic carbocycles. The Kier molecular flexibility index (Phi) is 5.26. The van der Waals surface area contributed by atoms with Crippen molar-refractivity contribution >= 4 is 5.97 Å². The van der Waals surface area contributed by atoms with E-state index < -0.39 is 5.97 Å². The van der Waals surface area contributed by atoms with Gasteiger partial charge < -0.3 is 10.0 Å². The van der Waals surface area contributed by atoms with Gasteiger partial charge >= 0.3 is 5.97 Å². The molecule has 0 aromatic heterocycles. The predicted octanol–water partition coefficient (Wildman–Crippen LogP) is 2.61. The fraction of sp³-hybridized carbons (Fsp3) is 0.923. The third-order valence-corrected chi connectivity index (χ3v) is 3.97. The van der Waals surface area contributed by atoms with Crippen molar-refractivity contribution in [3.05, 3.63) is 0 Å². The van der Waals surface area contributed by atoms with Crippen LogP contribution in [-0.2, 0) is 4.79 Å². The van der Waals surface area contributed by atoms with E-state index in [0.29, 0.717) is 6.04 Å². The van der Waals surface area contributed by atoms with Crippen LogP contribution in [0, 0.1) is 11.8 Å². The zero-order valence-electron chi connectivity index (χ0n) is 10.8. The maximum absolute atomic E-state index is 10.8. The number of hydrogen-bond acceptors (Lipinski definition) is 2. The topological polar surface area (TPSA) is 40.5 Å². The average molecular weight is 227 g/mol. The molecule has 0 aromatic carbocycles. The number of aliphatic carboxylic acids is 1. The number of carbonyl (C=O) groups is 1. The first-order chi connectivity index (χ1) is 7.54. The fourth-order valence-corrected chi connectivity index (χ4v) is 2.53. The number of rotatable bonds is 5. The molecule has 0 radical (unpaired) electrons. The standard InChI is InChI=1S/C13H25NO2/c1-4-10(2)9-14(3)12-7-5-11(6-8-12)13(15)16/h10-12H,4-9H2,1-3H3,(H,15,16)/t10-,11-,12-/m0/s1. The Morgan fingerprint density at radius 1 is 1.38 bits per heavy atom. The molecule has 16 heavy (non-hydrogen) atoms. The molecule has 94 valence electrons. The SMILES string of the molecule is CC[C@H](C)CN(C)[C@H]1CC[C@H](C(=O)O)CC1. The Labute approximate surface area is 98.8 Å². The van der Waals surface area contributed by atoms with E-state index in [2.05, 4.69) is 25.8 Å². The summed E-state index contributed by atoms with van der Waals surface area (Å²) < 4.78 is 0. The van der Waals surface area contributed by atoms with Gasteiger partial charge in [0.25, 0.3) is 0 Å². The Morgan fingerprint density at radius 2 is 1.94 bits per heavy atom. The Morgan fingerprint density at radius 3 is 2.38 bits per heavy atom. The van der Waals surface area contributed by atoms with Gasteiger partial charge in [0.15, 0.2) is 0 Å². The van der Waals surface area contributed by atoms with Crippen LogP contribution in [0.3, 0.4) is 0 Å². The summed E-state index contributed by atoms with van der Waals surface area (Å²) in [6, 6.07) is 0.601. The molecule has 0 aromatic rings. The van der Waals surface area contributed by atoms with Gasteiger partial charge in [0.2, 0.25) is 0 Å². The van der Waals surface area contributed by atoms with Gasteiger partial charge in [-0.3, -0.25) is 4.79 Å². The molecule has 0 heterocycles. The molecule has 1 N–H and O–H groups in total. The van der Waals surface area contributed by atoms with Crippen molar-refractivity contribution in [3.63, 3.8) is 0 Å². The molecule has 1 fully saturated rings. The second-order valence-electron chi connectivity index (χ2n) is 5.30. The van der Waals surface area contributed by atoms with E-state index in [-0.39, 0.29) is 5.92 Å². The molecule has 1 rings (SSSR count). The number of hydrogen-bond donors (Lipinski definition) is 1. The largest absolute Gasteiger partial charge is 0.481 e. The second kappa shape index (κ2) is 6.24. The van der Waals surface area contributed by atoms with Crippen LogP contribution in [0.25, 0.3) is 0 Å². The first kappa shape index (κ1) is 13.5. The van der Waals surface area contributed by atoms with Crippen LogP contribution in [0.5, 0.6) is 0 Å². The van der Waals surface area contributed by atoms with E-state index in [4.69, 9.17) is 5.11 Å². The van der Waals surface area contributed by atoms with Crippen molar-refractivity contribution in [2.45, 2.75) is 52.0 Å². The van der Waals surface area contributed by atoms with Crippen LogP contribution < -0.4 is 0 Å². The lowest BCUT2D eigenvalue weighted by Gasteiger charge is -2.34. The number of carboxylic acid groups (broad SMARTS) is 1. The van der Waals surface area contributed by atoms with Crippen molar-refractivity contribution in [3.8, 4) is 0 Å². The quantitative estimate of drug-likeness (QED) is 0.785. The molecular weight excluding hydrogens is 202 g/mol. The molecule has 1 aliphatic rings. The highest BCUT2D eigenvalue weighted by molar-refractivity contribution is 5.70. The molecule has 1 saturated carbocycles. The van der Waals surface area contributed by atoms with E-state index in [9.17, 15) is 4.79 Å². The molecule has 1 atom stereocenters. The van der Waals surface area contributed by atoms with Crippen molar-refractivity contribution < 1.29 is 9.90 Å². The van der Waals surface area contributed by atoms with Crippen LogP contribution in [0.15, 0.2) is 0 Å². The lowest BCUT2D eigenvalue weighted by molar-refractivity contribution is -0.143. The summed E-state index contributed by atoms with van der Waals surface area (Å²) in [5.74, 6) is 0.0403. The first-order valence-electron chi connectivity index (χ1n) is 6.47. The third kappa shape index (κ3) is 3.78. The van der Waals surface area contributed by atoms with Gasteiger partial charge in [0.05, 0.1) is 5.92 Å². The van der Waals surface area contributed by atoms with Gasteiger partial charge in [0, 0.05) is 12.6 Å². The van der Waals surface area contributed by atoms with Gasteiger partial charge in [0.1, 0.15) is 0 Å². The molecule has 3 nitrogen and oxygen atoms in total. The average Bonchev–Trinajstić information content (AvgIpc) is 2.28. The van der Waals surface area contributed by atoms with Crippen molar-refractivity contribution in [2.75, 3.05) is 13.6 Å². The molecule has 3 heteroatoms. The van der Waals surface area contributed by atoms with Crippen LogP contribution in [0.1, 0.15) is 46.0 Å². The van der Waals surface area contributed by atoms with Crippen molar-refractivity contribution in [1.29, 1.82) is 0 Å². The van der Waals surface area contributed by atoms with Gasteiger partial charge in [-0.25, -0.2) is 0 Å². The second-order valence-corrected chi connectivity index (χ2v) is 5.30. The summed E-state index contributed by atoms with van der Waals surface area (Å²) in [6.07, 6.45) is 5.01. The minimum atomic E-state index is -0.608. The Hall–Kier alpha value is -0.570. The smallest absolute Gasteiger partial charge is 0.306 e. The van der Waals surface area contributed by atoms with Gasteiger partial charge in [-0.05, 0) is 38.6 Å². The molecule has 0 spiro atoms. The lowest BCUT2D eigenvalue weighted by atomic mass is 9.85. The van der Waals surface area contributed by atoms with Gasteiger partial charge in [-0.15, -0.1) is 0 Å². The van der Waals surface area contributed by atoms with Crippen molar-refractivity contribution in [2.24, 2.45) is 11.8 Å². The Balaban J connectivity index is 2.32. The third-order valence-electron chi connectivity index (χ3n) is 3.97. The van der Waals surface area contributed by atoms with Crippen LogP contribution in [0.2, 0.25) is 0 Å². The van der Waals surface area contributed by atoms with Crippen LogP contribution >= 0.6 is 0 Å². The first-order valence-corrected chi connectivity index (χ1v) is 6.47. The van der Waals surface area contributed by atoms with E-state index in [1.807, 2.05) is 0 Å². The van der Waals surface area contributed by atoms with Crippen LogP contribution in [-0.4, -0.2) is 35.6 Å². The molecular formula is C13H25NO2. The molecule has 0 amide bonds. The van der Waals surface area contributed by atoms with E-state index in [0.717, 1.165) is 38.1 Å². The summed E-state index contributed by atoms with van der Waals surface area (Å²) in [7, 11) is 2.18. The fourth-order valence-electron chi connectivity index (χ4n) is 2.53. The zero-order valence-corrected chi connectivity index (χ0v) is 10.8. The van der Waals surface area contributed by atoms with E-state index in [1.165, 1.54) is 6.42 Å². The minimum absolute atomic E-state index is 0.0896. The monoisotopic (exact) mass is 227 g/mol. The number of nitrogens with zero attached hydrogens (tertiary/aromatic N) is 1. The maximum atomic E-state index is 10.8. The predicted molar refractivity (Wildman–Crippen MR) is 65.5 cm³/mol. The molecule has 0 aliphatic heterocycles. The number of carboxylic acids is 1. The van der Waals surface area contributed by atoms with E-state index in [1.54, 1.807) is 0 Å². The maximum Gasteiger partial charge on any atom is 0.306 e. The molecule has 0 bridgehead atoms. The lowest BCUT2D eigenvalue weighted by Crippen LogP contribution is -2.38. The summed E-state index contributed by atoms with van der Waals surface area (Å²) in [6.45, 7) is 5.64. The highest BCUT2D eigenvalue weighted by Gasteiger charge is 2.27. The highest BCUT2D eigenvalue weighted by atomic mass is 16.4. The summed E-state index contributed by atoms with van der Waals surface area (Å²) in [4.78, 5) is 13.3. The molecule has 0 saturated heterocycles. The molecule has 0 unspecified atom stereocenters. The van der Waals surface area contributed by atoms with Gasteiger partial charge in [-0.2, -0.15) is 0 Å². The normalized spacial score (nSPS) is 28.0. The van der Waals surface area contributed by atoms with Crippen molar-refractivity contribution in [1.82, 2.24) is 4.90 Å². The minimum Gasteiger partial charge on any atom is -0.481 e. The highest BCUT2D eigenvalue weighted by Crippen LogP contribution is 2.27. The summed E-state index contributed by atoms with van der Waals surface area (Å²) in [5, 5.41) is 8.93. The Bertz CT molecular complexity index is 222. The summed E-state index contributed by atoms with van der Waals surface area (Å²) in [5.41, 5.74) is 0. The summed E-state index contributed by atoms with van der Waals surface area (Å²) >= 11 is 0. The van der Waals surface area contributed by atoms with E-state index >= 15 is 0 Å². The van der Waals surface area contributed by atoms with Crippen LogP contribution in [0.4, 0.5) is 0 Å².